The van der Waals surface area contributed by atoms with Gasteiger partial charge in [-0.2, -0.15) is 0 Å². The maximum atomic E-state index is 11.5. The van der Waals surface area contributed by atoms with Crippen LogP contribution in [0, 0.1) is 17.8 Å². The first kappa shape index (κ1) is 21.2. The highest BCUT2D eigenvalue weighted by Crippen LogP contribution is 2.48. The Kier molecular flexibility index (Phi) is 6.39. The van der Waals surface area contributed by atoms with Crippen molar-refractivity contribution in [1.29, 1.82) is 0 Å². The van der Waals surface area contributed by atoms with Crippen LogP contribution < -0.4 is 4.90 Å². The Labute approximate surface area is 179 Å². The minimum atomic E-state index is -3.14. The summed E-state index contributed by atoms with van der Waals surface area (Å²) in [6.07, 6.45) is 9.75. The third kappa shape index (κ3) is 5.19. The van der Waals surface area contributed by atoms with Crippen LogP contribution in [-0.2, 0) is 27.6 Å². The third-order valence-corrected chi connectivity index (χ3v) is 7.59. The van der Waals surface area contributed by atoms with Gasteiger partial charge >= 0.3 is 0 Å². The van der Waals surface area contributed by atoms with Crippen LogP contribution in [-0.4, -0.2) is 44.3 Å². The first-order valence-corrected chi connectivity index (χ1v) is 12.8. The standard InChI is InChI=1S/C23H31N3O3S/c1-3-17-13-24-23(25-14-17)26-10-8-19(9-11-26)22-12-20(22)16-29-15-18-4-6-21(7-5-18)30(2,27)28/h4-7,13-14,19-20,22H,3,8-12,15-16H2,1-2H3/t20-,22-/m1/s1. The molecule has 1 saturated carbocycles. The predicted octanol–water partition coefficient (Wildman–Crippen LogP) is 3.51. The molecule has 0 spiro atoms. The van der Waals surface area contributed by atoms with E-state index in [4.69, 9.17) is 4.74 Å². The number of anilines is 1. The molecule has 1 aliphatic carbocycles. The van der Waals surface area contributed by atoms with Crippen LogP contribution >= 0.6 is 0 Å². The van der Waals surface area contributed by atoms with E-state index in [0.717, 1.165) is 49.5 Å². The summed E-state index contributed by atoms with van der Waals surface area (Å²) in [5.74, 6) is 3.09. The van der Waals surface area contributed by atoms with E-state index in [-0.39, 0.29) is 0 Å². The zero-order valence-corrected chi connectivity index (χ0v) is 18.6. The molecule has 2 aliphatic rings. The molecule has 1 aromatic carbocycles. The van der Waals surface area contributed by atoms with Gasteiger partial charge in [-0.3, -0.25) is 0 Å². The summed E-state index contributed by atoms with van der Waals surface area (Å²) in [6, 6.07) is 6.99. The van der Waals surface area contributed by atoms with Crippen molar-refractivity contribution in [2.45, 2.75) is 44.1 Å². The lowest BCUT2D eigenvalue weighted by atomic mass is 9.91. The van der Waals surface area contributed by atoms with E-state index < -0.39 is 9.84 Å². The van der Waals surface area contributed by atoms with E-state index in [0.29, 0.717) is 17.4 Å². The first-order chi connectivity index (χ1) is 14.4. The average molecular weight is 430 g/mol. The van der Waals surface area contributed by atoms with Gasteiger partial charge in [0, 0.05) is 31.7 Å². The van der Waals surface area contributed by atoms with Gasteiger partial charge in [0.05, 0.1) is 18.1 Å². The average Bonchev–Trinajstić information content (AvgIpc) is 3.53. The second kappa shape index (κ2) is 9.02. The quantitative estimate of drug-likeness (QED) is 0.639. The zero-order chi connectivity index (χ0) is 21.1. The molecule has 0 N–H and O–H groups in total. The van der Waals surface area contributed by atoms with Crippen molar-refractivity contribution in [2.24, 2.45) is 17.8 Å². The van der Waals surface area contributed by atoms with Gasteiger partial charge in [0.2, 0.25) is 5.95 Å². The molecule has 30 heavy (non-hydrogen) atoms. The molecule has 1 saturated heterocycles. The Morgan fingerprint density at radius 1 is 1.07 bits per heavy atom. The topological polar surface area (TPSA) is 72.4 Å². The van der Waals surface area contributed by atoms with Gasteiger partial charge < -0.3 is 9.64 Å². The van der Waals surface area contributed by atoms with E-state index in [1.807, 2.05) is 24.5 Å². The van der Waals surface area contributed by atoms with Gasteiger partial charge in [0.1, 0.15) is 0 Å². The van der Waals surface area contributed by atoms with E-state index in [9.17, 15) is 8.42 Å². The second-order valence-electron chi connectivity index (χ2n) is 8.66. The summed E-state index contributed by atoms with van der Waals surface area (Å²) >= 11 is 0. The maximum Gasteiger partial charge on any atom is 0.225 e. The summed E-state index contributed by atoms with van der Waals surface area (Å²) in [7, 11) is -3.14. The van der Waals surface area contributed by atoms with Crippen molar-refractivity contribution in [2.75, 3.05) is 30.9 Å². The van der Waals surface area contributed by atoms with Crippen molar-refractivity contribution < 1.29 is 13.2 Å². The molecule has 1 aromatic heterocycles. The summed E-state index contributed by atoms with van der Waals surface area (Å²) in [5, 5.41) is 0. The molecule has 2 atom stereocenters. The van der Waals surface area contributed by atoms with Crippen molar-refractivity contribution in [1.82, 2.24) is 9.97 Å². The molecule has 0 unspecified atom stereocenters. The van der Waals surface area contributed by atoms with Crippen LogP contribution in [0.3, 0.4) is 0 Å². The second-order valence-corrected chi connectivity index (χ2v) is 10.7. The SMILES string of the molecule is CCc1cnc(N2CCC([C@H]3C[C@@H]3COCc3ccc(S(C)(=O)=O)cc3)CC2)nc1. The molecule has 162 valence electrons. The molecule has 1 aliphatic heterocycles. The molecule has 7 heteroatoms. The zero-order valence-electron chi connectivity index (χ0n) is 17.8. The summed E-state index contributed by atoms with van der Waals surface area (Å²) in [6.45, 7) is 5.52. The van der Waals surface area contributed by atoms with Gasteiger partial charge in [0.25, 0.3) is 0 Å². The molecular weight excluding hydrogens is 398 g/mol. The van der Waals surface area contributed by atoms with Crippen molar-refractivity contribution in [3.05, 3.63) is 47.8 Å². The van der Waals surface area contributed by atoms with Crippen LogP contribution in [0.25, 0.3) is 0 Å². The molecule has 6 nitrogen and oxygen atoms in total. The molecular formula is C23H31N3O3S. The van der Waals surface area contributed by atoms with Crippen LogP contribution in [0.4, 0.5) is 5.95 Å². The number of hydrogen-bond acceptors (Lipinski definition) is 6. The minimum Gasteiger partial charge on any atom is -0.376 e. The summed E-state index contributed by atoms with van der Waals surface area (Å²) in [5.41, 5.74) is 2.20. The number of nitrogens with zero attached hydrogens (tertiary/aromatic N) is 3. The third-order valence-electron chi connectivity index (χ3n) is 6.46. The van der Waals surface area contributed by atoms with Crippen molar-refractivity contribution in [3.63, 3.8) is 0 Å². The number of sulfone groups is 1. The fourth-order valence-electron chi connectivity index (χ4n) is 4.42. The Balaban J connectivity index is 1.17. The van der Waals surface area contributed by atoms with Gasteiger partial charge in [-0.05, 0) is 66.7 Å². The van der Waals surface area contributed by atoms with Gasteiger partial charge in [-0.15, -0.1) is 0 Å². The number of hydrogen-bond donors (Lipinski definition) is 0. The molecule has 0 amide bonds. The summed E-state index contributed by atoms with van der Waals surface area (Å²) < 4.78 is 29.0. The maximum absolute atomic E-state index is 11.5. The van der Waals surface area contributed by atoms with Crippen LogP contribution in [0.15, 0.2) is 41.6 Å². The number of ether oxygens (including phenoxy) is 1. The van der Waals surface area contributed by atoms with Gasteiger partial charge in [-0.1, -0.05) is 19.1 Å². The molecule has 0 radical (unpaired) electrons. The monoisotopic (exact) mass is 429 g/mol. The Bertz CT molecular complexity index is 937. The van der Waals surface area contributed by atoms with Crippen LogP contribution in [0.5, 0.6) is 0 Å². The van der Waals surface area contributed by atoms with E-state index in [1.54, 1.807) is 12.1 Å². The molecule has 0 bridgehead atoms. The van der Waals surface area contributed by atoms with E-state index in [2.05, 4.69) is 21.8 Å². The highest BCUT2D eigenvalue weighted by molar-refractivity contribution is 7.90. The highest BCUT2D eigenvalue weighted by Gasteiger charge is 2.43. The van der Waals surface area contributed by atoms with Crippen molar-refractivity contribution >= 4 is 15.8 Å². The van der Waals surface area contributed by atoms with Gasteiger partial charge in [-0.25, -0.2) is 18.4 Å². The minimum absolute atomic E-state index is 0.353. The van der Waals surface area contributed by atoms with Crippen LogP contribution in [0.1, 0.15) is 37.3 Å². The predicted molar refractivity (Wildman–Crippen MR) is 117 cm³/mol. The number of piperidine rings is 1. The molecule has 2 heterocycles. The van der Waals surface area contributed by atoms with Crippen molar-refractivity contribution in [3.8, 4) is 0 Å². The Hall–Kier alpha value is -1.99. The molecule has 2 fully saturated rings. The lowest BCUT2D eigenvalue weighted by molar-refractivity contribution is 0.104. The highest BCUT2D eigenvalue weighted by atomic mass is 32.2. The largest absolute Gasteiger partial charge is 0.376 e. The fraction of sp³-hybridized carbons (Fsp3) is 0.565. The fourth-order valence-corrected chi connectivity index (χ4v) is 5.05. The van der Waals surface area contributed by atoms with E-state index in [1.165, 1.54) is 31.1 Å². The van der Waals surface area contributed by atoms with E-state index >= 15 is 0 Å². The normalized spacial score (nSPS) is 22.3. The molecule has 4 rings (SSSR count). The Morgan fingerprint density at radius 3 is 2.33 bits per heavy atom. The number of aryl methyl sites for hydroxylation is 1. The van der Waals surface area contributed by atoms with Gasteiger partial charge in [0.15, 0.2) is 9.84 Å². The van der Waals surface area contributed by atoms with Crippen LogP contribution in [0.2, 0.25) is 0 Å². The number of benzene rings is 1. The lowest BCUT2D eigenvalue weighted by Gasteiger charge is -2.32. The smallest absolute Gasteiger partial charge is 0.225 e. The number of aromatic nitrogens is 2. The first-order valence-electron chi connectivity index (χ1n) is 10.9. The number of rotatable bonds is 8. The summed E-state index contributed by atoms with van der Waals surface area (Å²) in [4.78, 5) is 11.7. The lowest BCUT2D eigenvalue weighted by Crippen LogP contribution is -2.35. The Morgan fingerprint density at radius 2 is 1.73 bits per heavy atom. The molecule has 2 aromatic rings.